The topological polar surface area (TPSA) is 41.6 Å². The highest BCUT2D eigenvalue weighted by Gasteiger charge is 2.27. The van der Waals surface area contributed by atoms with Crippen molar-refractivity contribution in [3.63, 3.8) is 0 Å². The number of nitrogens with one attached hydrogen (secondary N) is 1. The number of carbonyl (C=O) groups is 1. The van der Waals surface area contributed by atoms with Gasteiger partial charge in [-0.3, -0.25) is 0 Å². The molecule has 20 heavy (non-hydrogen) atoms. The smallest absolute Gasteiger partial charge is 0.410 e. The average molecular weight is 284 g/mol. The second kappa shape index (κ2) is 7.87. The third kappa shape index (κ3) is 7.13. The SMILES string of the molecule is CC(C)NCCCC1CCCN(C(=O)OC(C)(C)C)C1. The van der Waals surface area contributed by atoms with Crippen LogP contribution in [0.5, 0.6) is 0 Å². The average Bonchev–Trinajstić information content (AvgIpc) is 2.33. The summed E-state index contributed by atoms with van der Waals surface area (Å²) in [5, 5.41) is 3.44. The zero-order valence-corrected chi connectivity index (χ0v) is 13.9. The first-order valence-corrected chi connectivity index (χ1v) is 7.99. The monoisotopic (exact) mass is 284 g/mol. The summed E-state index contributed by atoms with van der Waals surface area (Å²) in [5.41, 5.74) is -0.398. The molecule has 1 aliphatic heterocycles. The van der Waals surface area contributed by atoms with Crippen LogP contribution in [-0.4, -0.2) is 42.3 Å². The van der Waals surface area contributed by atoms with E-state index < -0.39 is 5.60 Å². The van der Waals surface area contributed by atoms with E-state index in [9.17, 15) is 4.79 Å². The maximum atomic E-state index is 12.1. The predicted molar refractivity (Wildman–Crippen MR) is 82.9 cm³/mol. The van der Waals surface area contributed by atoms with Crippen molar-refractivity contribution in [3.8, 4) is 0 Å². The number of amides is 1. The Morgan fingerprint density at radius 1 is 1.40 bits per heavy atom. The Hall–Kier alpha value is -0.770. The molecule has 0 aliphatic carbocycles. The molecule has 0 saturated carbocycles. The van der Waals surface area contributed by atoms with Gasteiger partial charge in [0.1, 0.15) is 5.60 Å². The molecule has 0 bridgehead atoms. The molecule has 1 rings (SSSR count). The van der Waals surface area contributed by atoms with Gasteiger partial charge in [-0.25, -0.2) is 4.79 Å². The Bertz CT molecular complexity index is 297. The van der Waals surface area contributed by atoms with Crippen LogP contribution in [0.25, 0.3) is 0 Å². The molecule has 0 spiro atoms. The summed E-state index contributed by atoms with van der Waals surface area (Å²) >= 11 is 0. The number of hydrogen-bond acceptors (Lipinski definition) is 3. The fraction of sp³-hybridized carbons (Fsp3) is 0.938. The second-order valence-corrected chi connectivity index (χ2v) is 7.19. The summed E-state index contributed by atoms with van der Waals surface area (Å²) in [5.74, 6) is 0.630. The molecule has 1 saturated heterocycles. The fourth-order valence-corrected chi connectivity index (χ4v) is 2.57. The number of nitrogens with zero attached hydrogens (tertiary/aromatic N) is 1. The molecule has 118 valence electrons. The highest BCUT2D eigenvalue weighted by molar-refractivity contribution is 5.68. The van der Waals surface area contributed by atoms with Crippen LogP contribution in [0.15, 0.2) is 0 Å². The molecule has 0 aromatic heterocycles. The molecule has 4 nitrogen and oxygen atoms in total. The van der Waals surface area contributed by atoms with Gasteiger partial charge in [0.2, 0.25) is 0 Å². The molecule has 0 radical (unpaired) electrons. The minimum Gasteiger partial charge on any atom is -0.444 e. The Balaban J connectivity index is 2.29. The standard InChI is InChI=1S/C16H32N2O2/c1-13(2)17-10-6-8-14-9-7-11-18(12-14)15(19)20-16(3,4)5/h13-14,17H,6-12H2,1-5H3. The van der Waals surface area contributed by atoms with Crippen LogP contribution in [0.2, 0.25) is 0 Å². The molecule has 1 heterocycles. The molecule has 1 N–H and O–H groups in total. The molecule has 1 aliphatic rings. The lowest BCUT2D eigenvalue weighted by Crippen LogP contribution is -2.43. The van der Waals surface area contributed by atoms with Crippen molar-refractivity contribution in [2.24, 2.45) is 5.92 Å². The number of likely N-dealkylation sites (tertiary alicyclic amines) is 1. The Labute approximate surface area is 124 Å². The Morgan fingerprint density at radius 2 is 2.10 bits per heavy atom. The molecule has 0 aromatic carbocycles. The normalized spacial score (nSPS) is 20.3. The number of hydrogen-bond donors (Lipinski definition) is 1. The van der Waals surface area contributed by atoms with Gasteiger partial charge < -0.3 is 15.0 Å². The van der Waals surface area contributed by atoms with Crippen LogP contribution in [-0.2, 0) is 4.74 Å². The molecule has 4 heteroatoms. The van der Waals surface area contributed by atoms with Gasteiger partial charge in [-0.1, -0.05) is 13.8 Å². The molecule has 1 atom stereocenters. The first-order chi connectivity index (χ1) is 9.28. The Morgan fingerprint density at radius 3 is 2.70 bits per heavy atom. The van der Waals surface area contributed by atoms with E-state index in [2.05, 4.69) is 19.2 Å². The molecule has 1 unspecified atom stereocenters. The van der Waals surface area contributed by atoms with E-state index in [1.807, 2.05) is 25.7 Å². The maximum Gasteiger partial charge on any atom is 0.410 e. The van der Waals surface area contributed by atoms with Crippen molar-refractivity contribution < 1.29 is 9.53 Å². The van der Waals surface area contributed by atoms with Gasteiger partial charge in [0, 0.05) is 19.1 Å². The third-order valence-corrected chi connectivity index (χ3v) is 3.51. The summed E-state index contributed by atoms with van der Waals surface area (Å²) in [6, 6.07) is 0.555. The number of piperidine rings is 1. The quantitative estimate of drug-likeness (QED) is 0.787. The van der Waals surface area contributed by atoms with Gasteiger partial charge in [0.05, 0.1) is 0 Å². The predicted octanol–water partition coefficient (Wildman–Crippen LogP) is 3.41. The van der Waals surface area contributed by atoms with E-state index in [1.54, 1.807) is 0 Å². The van der Waals surface area contributed by atoms with Crippen molar-refractivity contribution in [2.75, 3.05) is 19.6 Å². The number of rotatable bonds is 5. The molecule has 0 aromatic rings. The first-order valence-electron chi connectivity index (χ1n) is 7.99. The van der Waals surface area contributed by atoms with Gasteiger partial charge in [-0.15, -0.1) is 0 Å². The fourth-order valence-electron chi connectivity index (χ4n) is 2.57. The van der Waals surface area contributed by atoms with Crippen LogP contribution in [0.1, 0.15) is 60.3 Å². The maximum absolute atomic E-state index is 12.1. The van der Waals surface area contributed by atoms with Gasteiger partial charge in [-0.2, -0.15) is 0 Å². The Kier molecular flexibility index (Phi) is 6.80. The lowest BCUT2D eigenvalue weighted by Gasteiger charge is -2.34. The molecule has 1 amide bonds. The van der Waals surface area contributed by atoms with Crippen LogP contribution in [0.3, 0.4) is 0 Å². The zero-order chi connectivity index (χ0) is 15.2. The van der Waals surface area contributed by atoms with Crippen molar-refractivity contribution >= 4 is 6.09 Å². The van der Waals surface area contributed by atoms with E-state index in [-0.39, 0.29) is 6.09 Å². The summed E-state index contributed by atoms with van der Waals surface area (Å²) in [6.45, 7) is 12.9. The van der Waals surface area contributed by atoms with E-state index in [4.69, 9.17) is 4.74 Å². The van der Waals surface area contributed by atoms with E-state index in [0.717, 1.165) is 26.1 Å². The molecular weight excluding hydrogens is 252 g/mol. The van der Waals surface area contributed by atoms with Crippen LogP contribution < -0.4 is 5.32 Å². The summed E-state index contributed by atoms with van der Waals surface area (Å²) in [6.07, 6.45) is 4.56. The van der Waals surface area contributed by atoms with E-state index in [0.29, 0.717) is 12.0 Å². The second-order valence-electron chi connectivity index (χ2n) is 7.19. The highest BCUT2D eigenvalue weighted by Crippen LogP contribution is 2.22. The van der Waals surface area contributed by atoms with Gasteiger partial charge in [0.15, 0.2) is 0 Å². The van der Waals surface area contributed by atoms with Crippen molar-refractivity contribution in [1.29, 1.82) is 0 Å². The highest BCUT2D eigenvalue weighted by atomic mass is 16.6. The molecule has 1 fully saturated rings. The van der Waals surface area contributed by atoms with Crippen molar-refractivity contribution in [3.05, 3.63) is 0 Å². The lowest BCUT2D eigenvalue weighted by molar-refractivity contribution is 0.0161. The van der Waals surface area contributed by atoms with Crippen LogP contribution >= 0.6 is 0 Å². The minimum atomic E-state index is -0.398. The van der Waals surface area contributed by atoms with Crippen molar-refractivity contribution in [1.82, 2.24) is 10.2 Å². The molecular formula is C16H32N2O2. The third-order valence-electron chi connectivity index (χ3n) is 3.51. The van der Waals surface area contributed by atoms with E-state index in [1.165, 1.54) is 19.3 Å². The van der Waals surface area contributed by atoms with Gasteiger partial charge in [0.25, 0.3) is 0 Å². The zero-order valence-electron chi connectivity index (χ0n) is 13.9. The number of ether oxygens (including phenoxy) is 1. The van der Waals surface area contributed by atoms with Gasteiger partial charge >= 0.3 is 6.09 Å². The summed E-state index contributed by atoms with van der Waals surface area (Å²) in [7, 11) is 0. The largest absolute Gasteiger partial charge is 0.444 e. The summed E-state index contributed by atoms with van der Waals surface area (Å²) in [4.78, 5) is 14.0. The van der Waals surface area contributed by atoms with Crippen LogP contribution in [0.4, 0.5) is 4.79 Å². The van der Waals surface area contributed by atoms with Gasteiger partial charge in [-0.05, 0) is 58.9 Å². The minimum absolute atomic E-state index is 0.150. The lowest BCUT2D eigenvalue weighted by atomic mass is 9.93. The number of carbonyl (C=O) groups excluding carboxylic acids is 1. The summed E-state index contributed by atoms with van der Waals surface area (Å²) < 4.78 is 5.46. The van der Waals surface area contributed by atoms with Crippen LogP contribution in [0, 0.1) is 5.92 Å². The first kappa shape index (κ1) is 17.3. The van der Waals surface area contributed by atoms with E-state index >= 15 is 0 Å². The van der Waals surface area contributed by atoms with Crippen molar-refractivity contribution in [2.45, 2.75) is 71.9 Å².